The van der Waals surface area contributed by atoms with Gasteiger partial charge < -0.3 is 14.0 Å². The van der Waals surface area contributed by atoms with E-state index in [-0.39, 0.29) is 46.9 Å². The quantitative estimate of drug-likeness (QED) is 0.103. The third-order valence-electron chi connectivity index (χ3n) is 10.2. The van der Waals surface area contributed by atoms with Crippen LogP contribution in [0.3, 0.4) is 0 Å². The number of hydrogen-bond donors (Lipinski definition) is 1. The number of sulfonamides is 1. The maximum atomic E-state index is 14.4. The summed E-state index contributed by atoms with van der Waals surface area (Å²) in [6, 6.07) is 25.8. The lowest BCUT2D eigenvalue weighted by molar-refractivity contribution is -0.190. The number of aliphatic imine (C=N–C) groups is 1. The fourth-order valence-corrected chi connectivity index (χ4v) is 7.99. The molecule has 11 nitrogen and oxygen atoms in total. The molecule has 0 spiro atoms. The molecule has 0 saturated heterocycles. The summed E-state index contributed by atoms with van der Waals surface area (Å²) >= 11 is 0. The number of para-hydroxylation sites is 1. The van der Waals surface area contributed by atoms with Gasteiger partial charge in [-0.05, 0) is 55.2 Å². The highest BCUT2D eigenvalue weighted by Crippen LogP contribution is 2.41. The van der Waals surface area contributed by atoms with Crippen LogP contribution in [0.2, 0.25) is 0 Å². The zero-order valence-corrected chi connectivity index (χ0v) is 30.8. The minimum Gasteiger partial charge on any atom is -0.457 e. The van der Waals surface area contributed by atoms with E-state index in [9.17, 15) is 22.8 Å². The Hall–Kier alpha value is -5.62. The van der Waals surface area contributed by atoms with Gasteiger partial charge in [0.05, 0.1) is 33.9 Å². The van der Waals surface area contributed by atoms with Crippen molar-refractivity contribution in [3.8, 4) is 11.4 Å². The smallest absolute Gasteiger partial charge is 0.355 e. The lowest BCUT2D eigenvalue weighted by Crippen LogP contribution is -2.49. The Bertz CT molecular complexity index is 2440. The van der Waals surface area contributed by atoms with Crippen LogP contribution in [0, 0.1) is 12.8 Å². The van der Waals surface area contributed by atoms with Crippen LogP contribution in [0.25, 0.3) is 22.3 Å². The zero-order valence-electron chi connectivity index (χ0n) is 30.0. The fraction of sp³-hybridized carbons (Fsp3) is 0.293. The van der Waals surface area contributed by atoms with Gasteiger partial charge in [-0.1, -0.05) is 93.4 Å². The molecule has 53 heavy (non-hydrogen) atoms. The van der Waals surface area contributed by atoms with Crippen LogP contribution in [-0.4, -0.2) is 41.8 Å². The van der Waals surface area contributed by atoms with E-state index in [4.69, 9.17) is 19.5 Å². The van der Waals surface area contributed by atoms with Gasteiger partial charge in [0.1, 0.15) is 12.4 Å². The maximum absolute atomic E-state index is 14.4. The van der Waals surface area contributed by atoms with Crippen molar-refractivity contribution in [2.24, 2.45) is 10.9 Å². The number of nitrogens with one attached hydrogen (secondary N) is 1. The second kappa shape index (κ2) is 14.1. The lowest BCUT2D eigenvalue weighted by Gasteiger charge is -2.36. The number of amidine groups is 1. The summed E-state index contributed by atoms with van der Waals surface area (Å²) in [4.78, 5) is 52.0. The second-order valence-electron chi connectivity index (χ2n) is 13.7. The van der Waals surface area contributed by atoms with Gasteiger partial charge in [0.15, 0.2) is 6.04 Å². The van der Waals surface area contributed by atoms with E-state index in [0.717, 1.165) is 27.6 Å². The van der Waals surface area contributed by atoms with Gasteiger partial charge >= 0.3 is 11.9 Å². The number of rotatable bonds is 10. The van der Waals surface area contributed by atoms with E-state index in [2.05, 4.69) is 4.72 Å². The van der Waals surface area contributed by atoms with Crippen LogP contribution in [0.1, 0.15) is 61.4 Å². The Kier molecular flexibility index (Phi) is 9.50. The first-order chi connectivity index (χ1) is 25.4. The average molecular weight is 733 g/mol. The Morgan fingerprint density at radius 2 is 1.74 bits per heavy atom. The van der Waals surface area contributed by atoms with Crippen molar-refractivity contribution in [3.05, 3.63) is 129 Å². The zero-order chi connectivity index (χ0) is 37.5. The predicted octanol–water partition coefficient (Wildman–Crippen LogP) is 5.97. The average Bonchev–Trinajstić information content (AvgIpc) is 3.51. The molecular formula is C41H40N4O7S. The molecule has 5 aromatic rings. The molecule has 272 valence electrons. The van der Waals surface area contributed by atoms with E-state index in [1.165, 1.54) is 12.1 Å². The monoisotopic (exact) mass is 732 g/mol. The van der Waals surface area contributed by atoms with Crippen molar-refractivity contribution in [1.82, 2.24) is 14.3 Å². The molecule has 2 aliphatic heterocycles. The van der Waals surface area contributed by atoms with E-state index >= 15 is 0 Å². The molecule has 0 amide bonds. The third kappa shape index (κ3) is 6.63. The highest BCUT2D eigenvalue weighted by Gasteiger charge is 2.51. The number of pyridine rings is 2. The largest absolute Gasteiger partial charge is 0.457 e. The summed E-state index contributed by atoms with van der Waals surface area (Å²) in [7, 11) is -4.09. The topological polar surface area (TPSA) is 146 Å². The molecule has 2 aliphatic rings. The molecule has 7 rings (SSSR count). The first-order valence-corrected chi connectivity index (χ1v) is 19.2. The van der Waals surface area contributed by atoms with Gasteiger partial charge in [0.25, 0.3) is 15.6 Å². The van der Waals surface area contributed by atoms with E-state index in [1.807, 2.05) is 81.4 Å². The summed E-state index contributed by atoms with van der Waals surface area (Å²) < 4.78 is 43.3. The number of nitrogens with zero attached hydrogens (tertiary/aromatic N) is 3. The van der Waals surface area contributed by atoms with Crippen LogP contribution in [0.5, 0.6) is 0 Å². The van der Waals surface area contributed by atoms with Crippen molar-refractivity contribution in [2.75, 3.05) is 0 Å². The Morgan fingerprint density at radius 3 is 2.45 bits per heavy atom. The van der Waals surface area contributed by atoms with Crippen molar-refractivity contribution >= 4 is 38.7 Å². The number of cyclic esters (lactones) is 1. The molecule has 0 saturated carbocycles. The molecular weight excluding hydrogens is 693 g/mol. The molecule has 3 aromatic carbocycles. The van der Waals surface area contributed by atoms with Gasteiger partial charge in [-0.2, -0.15) is 0 Å². The minimum atomic E-state index is -4.09. The van der Waals surface area contributed by atoms with Gasteiger partial charge in [-0.25, -0.2) is 23.0 Å². The number of carbonyl (C=O) groups excluding carboxylic acids is 2. The van der Waals surface area contributed by atoms with E-state index in [0.29, 0.717) is 24.4 Å². The minimum absolute atomic E-state index is 0.0284. The summed E-state index contributed by atoms with van der Waals surface area (Å²) in [5.74, 6) is -2.05. The van der Waals surface area contributed by atoms with Gasteiger partial charge in [0.2, 0.25) is 5.60 Å². The van der Waals surface area contributed by atoms with Gasteiger partial charge in [-0.3, -0.25) is 14.5 Å². The number of fused-ring (bicyclic) bond motifs is 5. The number of aromatic nitrogens is 2. The number of aryl methyl sites for hydroxylation is 1. The SMILES string of the molecule is CCC(C)C(N=C(Cc1ccccc1)NS(=O)(=O)c1ccc(C)cc1)C(=O)O[C@]1(CC)C(=O)OCc2c1cc1n(c2=O)Cc2cc3ccccc3nc2-1. The number of carbonyl (C=O) groups is 2. The standard InChI is InChI=1S/C41H40N4O7S/c1-5-26(4)36(43-35(20-27-12-8-7-9-13-27)44-53(49,50)30-18-16-25(3)17-19-30)39(47)52-41(6-2)32-22-34-37-29(21-28-14-10-11-15-33(28)42-37)23-45(34)38(46)31(32)24-51-40(41)48/h7-19,21-22,26,36H,5-6,20,23-24H2,1-4H3,(H,43,44)/t26?,36?,41-/m0/s1. The normalized spacial score (nSPS) is 17.7. The number of esters is 2. The van der Waals surface area contributed by atoms with Crippen molar-refractivity contribution in [2.45, 2.75) is 76.6 Å². The summed E-state index contributed by atoms with van der Waals surface area (Å²) in [6.45, 7) is 7.27. The van der Waals surface area contributed by atoms with Crippen LogP contribution < -0.4 is 10.3 Å². The Morgan fingerprint density at radius 1 is 1.02 bits per heavy atom. The van der Waals surface area contributed by atoms with E-state index < -0.39 is 39.5 Å². The molecule has 0 bridgehead atoms. The van der Waals surface area contributed by atoms with E-state index in [1.54, 1.807) is 29.7 Å². The van der Waals surface area contributed by atoms with Crippen molar-refractivity contribution in [1.29, 1.82) is 0 Å². The van der Waals surface area contributed by atoms with Crippen LogP contribution in [-0.2, 0) is 54.3 Å². The molecule has 1 N–H and O–H groups in total. The third-order valence-corrected chi connectivity index (χ3v) is 11.6. The van der Waals surface area contributed by atoms with Crippen LogP contribution >= 0.6 is 0 Å². The van der Waals surface area contributed by atoms with Crippen LogP contribution in [0.15, 0.2) is 106 Å². The highest BCUT2D eigenvalue weighted by atomic mass is 32.2. The predicted molar refractivity (Wildman–Crippen MR) is 201 cm³/mol. The second-order valence-corrected chi connectivity index (χ2v) is 15.3. The molecule has 4 heterocycles. The molecule has 2 unspecified atom stereocenters. The van der Waals surface area contributed by atoms with Crippen molar-refractivity contribution < 1.29 is 27.5 Å². The summed E-state index contributed by atoms with van der Waals surface area (Å²) in [5.41, 5.74) is 2.58. The number of hydrogen-bond acceptors (Lipinski definition) is 9. The number of ether oxygens (including phenoxy) is 2. The highest BCUT2D eigenvalue weighted by molar-refractivity contribution is 7.90. The fourth-order valence-electron chi connectivity index (χ4n) is 6.95. The molecule has 0 fully saturated rings. The Balaban J connectivity index is 1.29. The first kappa shape index (κ1) is 35.8. The van der Waals surface area contributed by atoms with Gasteiger partial charge in [-0.15, -0.1) is 0 Å². The molecule has 2 aromatic heterocycles. The number of benzene rings is 3. The lowest BCUT2D eigenvalue weighted by atomic mass is 9.85. The molecule has 0 aliphatic carbocycles. The summed E-state index contributed by atoms with van der Waals surface area (Å²) in [6.07, 6.45) is 0.525. The summed E-state index contributed by atoms with van der Waals surface area (Å²) in [5, 5.41) is 0.941. The molecule has 12 heteroatoms. The maximum Gasteiger partial charge on any atom is 0.355 e. The first-order valence-electron chi connectivity index (χ1n) is 17.7. The van der Waals surface area contributed by atoms with Crippen LogP contribution in [0.4, 0.5) is 0 Å². The molecule has 3 atom stereocenters. The van der Waals surface area contributed by atoms with Crippen molar-refractivity contribution in [3.63, 3.8) is 0 Å². The van der Waals surface area contributed by atoms with Gasteiger partial charge in [0, 0.05) is 22.9 Å². The Labute approximate surface area is 307 Å². The molecule has 0 radical (unpaired) electrons.